The Morgan fingerprint density at radius 1 is 1.28 bits per heavy atom. The molecule has 0 aromatic heterocycles. The Bertz CT molecular complexity index is 318. The Labute approximate surface area is 111 Å². The summed E-state index contributed by atoms with van der Waals surface area (Å²) < 4.78 is 17.7. The second-order valence-electron chi connectivity index (χ2n) is 4.67. The van der Waals surface area contributed by atoms with E-state index >= 15 is 0 Å². The zero-order valence-corrected chi connectivity index (χ0v) is 12.7. The van der Waals surface area contributed by atoms with E-state index in [0.717, 1.165) is 25.7 Å². The molecule has 3 nitrogen and oxygen atoms in total. The predicted molar refractivity (Wildman–Crippen MR) is 76.4 cm³/mol. The van der Waals surface area contributed by atoms with Crippen molar-refractivity contribution in [2.75, 3.05) is 18.5 Å². The molecule has 0 radical (unpaired) electrons. The van der Waals surface area contributed by atoms with Gasteiger partial charge < -0.3 is 9.30 Å². The maximum Gasteiger partial charge on any atom is 0.314 e. The predicted octanol–water partition coefficient (Wildman–Crippen LogP) is 3.51. The molecule has 0 rings (SSSR count). The summed E-state index contributed by atoms with van der Waals surface area (Å²) in [5.74, 6) is 1.91. The van der Waals surface area contributed by atoms with Crippen molar-refractivity contribution in [3.8, 4) is 12.3 Å². The largest absolute Gasteiger partial charge is 0.449 e. The van der Waals surface area contributed by atoms with Gasteiger partial charge >= 0.3 is 5.97 Å². The average Bonchev–Trinajstić information content (AvgIpc) is 2.33. The number of hydrogen-bond donors (Lipinski definition) is 0. The van der Waals surface area contributed by atoms with Crippen molar-refractivity contribution in [3.63, 3.8) is 0 Å². The lowest BCUT2D eigenvalue weighted by atomic mass is 10.4. The van der Waals surface area contributed by atoms with Crippen LogP contribution < -0.4 is 0 Å². The fourth-order valence-electron chi connectivity index (χ4n) is 1.67. The van der Waals surface area contributed by atoms with Gasteiger partial charge in [-0.2, -0.15) is 0 Å². The Morgan fingerprint density at radius 2 is 1.78 bits per heavy atom. The molecule has 0 amide bonds. The first-order valence-electron chi connectivity index (χ1n) is 6.70. The van der Waals surface area contributed by atoms with E-state index in [0.29, 0.717) is 12.3 Å². The second kappa shape index (κ2) is 9.22. The number of carbonyl (C=O) groups is 1. The Morgan fingerprint density at radius 3 is 2.17 bits per heavy atom. The highest BCUT2D eigenvalue weighted by Gasteiger charge is 2.26. The van der Waals surface area contributed by atoms with E-state index in [-0.39, 0.29) is 6.16 Å². The number of unbranched alkanes of at least 4 members (excludes halogenated alkanes) is 2. The molecule has 0 aliphatic heterocycles. The normalized spacial score (nSPS) is 12.8. The Kier molecular flexibility index (Phi) is 8.85. The molecule has 0 N–H and O–H groups in total. The van der Waals surface area contributed by atoms with Gasteiger partial charge in [0.1, 0.15) is 0 Å². The van der Waals surface area contributed by atoms with E-state index < -0.39 is 19.2 Å². The summed E-state index contributed by atoms with van der Waals surface area (Å²) in [4.78, 5) is 11.7. The first kappa shape index (κ1) is 17.3. The van der Waals surface area contributed by atoms with Gasteiger partial charge in [0.25, 0.3) is 0 Å². The molecule has 0 fully saturated rings. The van der Waals surface area contributed by atoms with Crippen LogP contribution in [-0.4, -0.2) is 30.6 Å². The molecule has 1 unspecified atom stereocenters. The molecule has 104 valence electrons. The van der Waals surface area contributed by atoms with Gasteiger partial charge in [-0.3, -0.25) is 4.79 Å². The van der Waals surface area contributed by atoms with Gasteiger partial charge in [-0.15, -0.1) is 6.42 Å². The summed E-state index contributed by atoms with van der Waals surface area (Å²) in [5.41, 5.74) is 0. The van der Waals surface area contributed by atoms with Crippen LogP contribution in [0.1, 0.15) is 46.5 Å². The zero-order valence-electron chi connectivity index (χ0n) is 11.8. The number of ether oxygens (including phenoxy) is 1. The quantitative estimate of drug-likeness (QED) is 0.366. The molecular formula is C14H25O3P. The second-order valence-corrected chi connectivity index (χ2v) is 8.00. The monoisotopic (exact) mass is 272 g/mol. The van der Waals surface area contributed by atoms with E-state index in [1.54, 1.807) is 6.92 Å². The van der Waals surface area contributed by atoms with Crippen molar-refractivity contribution in [2.24, 2.45) is 0 Å². The zero-order chi connectivity index (χ0) is 14.0. The van der Waals surface area contributed by atoms with E-state index in [1.807, 2.05) is 0 Å². The fraction of sp³-hybridized carbons (Fsp3) is 0.786. The highest BCUT2D eigenvalue weighted by Crippen LogP contribution is 2.47. The Balaban J connectivity index is 4.43. The average molecular weight is 272 g/mol. The van der Waals surface area contributed by atoms with E-state index in [9.17, 15) is 9.36 Å². The molecule has 18 heavy (non-hydrogen) atoms. The molecular weight excluding hydrogens is 247 g/mol. The van der Waals surface area contributed by atoms with E-state index in [1.165, 1.54) is 0 Å². The fourth-order valence-corrected chi connectivity index (χ4v) is 4.54. The summed E-state index contributed by atoms with van der Waals surface area (Å²) in [6.45, 7) is 5.76. The molecule has 4 heteroatoms. The molecule has 0 heterocycles. The molecule has 0 aromatic carbocycles. The van der Waals surface area contributed by atoms with Crippen LogP contribution in [0.15, 0.2) is 0 Å². The van der Waals surface area contributed by atoms with Gasteiger partial charge in [-0.1, -0.05) is 32.6 Å². The van der Waals surface area contributed by atoms with Crippen LogP contribution >= 0.6 is 7.14 Å². The standard InChI is InChI=1S/C14H25O3P/c1-5-8-10-18(16,11-9-6-2)12-14(15)17-13(4)7-3/h3,13H,5-6,8-12H2,1-2,4H3. The summed E-state index contributed by atoms with van der Waals surface area (Å²) >= 11 is 0. The van der Waals surface area contributed by atoms with Gasteiger partial charge in [0.05, 0.1) is 13.3 Å². The first-order valence-corrected chi connectivity index (χ1v) is 8.96. The molecule has 0 saturated heterocycles. The molecule has 0 spiro atoms. The number of terminal acetylenes is 1. The third-order valence-corrected chi connectivity index (χ3v) is 5.90. The summed E-state index contributed by atoms with van der Waals surface area (Å²) in [5, 5.41) is 0. The van der Waals surface area contributed by atoms with Gasteiger partial charge in [-0.25, -0.2) is 0 Å². The smallest absolute Gasteiger partial charge is 0.314 e. The molecule has 1 atom stereocenters. The van der Waals surface area contributed by atoms with Crippen LogP contribution in [0.5, 0.6) is 0 Å². The van der Waals surface area contributed by atoms with Crippen molar-refractivity contribution in [1.82, 2.24) is 0 Å². The highest BCUT2D eigenvalue weighted by molar-refractivity contribution is 7.64. The van der Waals surface area contributed by atoms with Crippen molar-refractivity contribution in [1.29, 1.82) is 0 Å². The minimum absolute atomic E-state index is 0.0407. The number of esters is 1. The minimum atomic E-state index is -2.42. The van der Waals surface area contributed by atoms with Crippen LogP contribution in [-0.2, 0) is 14.1 Å². The molecule has 0 bridgehead atoms. The van der Waals surface area contributed by atoms with Crippen molar-refractivity contribution >= 4 is 13.1 Å². The molecule has 0 aliphatic carbocycles. The number of carbonyl (C=O) groups excluding carboxylic acids is 1. The lowest BCUT2D eigenvalue weighted by Gasteiger charge is -2.17. The summed E-state index contributed by atoms with van der Waals surface area (Å²) in [7, 11) is -2.42. The lowest BCUT2D eigenvalue weighted by molar-refractivity contribution is -0.142. The van der Waals surface area contributed by atoms with E-state index in [4.69, 9.17) is 11.2 Å². The summed E-state index contributed by atoms with van der Waals surface area (Å²) in [6.07, 6.45) is 9.72. The van der Waals surface area contributed by atoms with Gasteiger partial charge in [0.2, 0.25) is 0 Å². The summed E-state index contributed by atoms with van der Waals surface area (Å²) in [6, 6.07) is 0. The maximum atomic E-state index is 12.7. The highest BCUT2D eigenvalue weighted by atomic mass is 31.2. The number of rotatable bonds is 9. The van der Waals surface area contributed by atoms with Gasteiger partial charge in [0, 0.05) is 12.3 Å². The topological polar surface area (TPSA) is 43.4 Å². The molecule has 0 saturated carbocycles. The first-order chi connectivity index (χ1) is 8.47. The minimum Gasteiger partial charge on any atom is -0.449 e. The van der Waals surface area contributed by atoms with Crippen molar-refractivity contribution in [3.05, 3.63) is 0 Å². The Hall–Kier alpha value is -0.740. The van der Waals surface area contributed by atoms with Crippen LogP contribution in [0.2, 0.25) is 0 Å². The third-order valence-electron chi connectivity index (χ3n) is 2.80. The van der Waals surface area contributed by atoms with Crippen LogP contribution in [0.25, 0.3) is 0 Å². The van der Waals surface area contributed by atoms with Crippen LogP contribution in [0, 0.1) is 12.3 Å². The van der Waals surface area contributed by atoms with Gasteiger partial charge in [0.15, 0.2) is 6.10 Å². The van der Waals surface area contributed by atoms with Crippen molar-refractivity contribution < 1.29 is 14.1 Å². The van der Waals surface area contributed by atoms with Crippen molar-refractivity contribution in [2.45, 2.75) is 52.6 Å². The molecule has 0 aliphatic rings. The third kappa shape index (κ3) is 7.56. The van der Waals surface area contributed by atoms with Gasteiger partial charge in [-0.05, 0) is 19.8 Å². The van der Waals surface area contributed by atoms with Crippen LogP contribution in [0.3, 0.4) is 0 Å². The maximum absolute atomic E-state index is 12.7. The van der Waals surface area contributed by atoms with Crippen LogP contribution in [0.4, 0.5) is 0 Å². The number of hydrogen-bond acceptors (Lipinski definition) is 3. The SMILES string of the molecule is C#CC(C)OC(=O)CP(=O)(CCCC)CCCC. The molecule has 0 aromatic rings. The lowest BCUT2D eigenvalue weighted by Crippen LogP contribution is -2.18. The van der Waals surface area contributed by atoms with E-state index in [2.05, 4.69) is 19.8 Å².